The number of rotatable bonds is 4. The molecule has 0 aromatic rings. The molecule has 0 aromatic heterocycles. The highest BCUT2D eigenvalue weighted by molar-refractivity contribution is 9.10. The van der Waals surface area contributed by atoms with Gasteiger partial charge in [-0.1, -0.05) is 15.9 Å². The van der Waals surface area contributed by atoms with Crippen LogP contribution in [0.3, 0.4) is 0 Å². The lowest BCUT2D eigenvalue weighted by molar-refractivity contribution is -0.159. The van der Waals surface area contributed by atoms with Gasteiger partial charge in [0, 0.05) is 6.61 Å². The fourth-order valence-corrected chi connectivity index (χ4v) is 2.85. The van der Waals surface area contributed by atoms with Gasteiger partial charge in [-0.05, 0) is 6.92 Å². The van der Waals surface area contributed by atoms with Crippen LogP contribution in [-0.2, 0) is 14.3 Å². The van der Waals surface area contributed by atoms with Crippen molar-refractivity contribution in [3.63, 3.8) is 0 Å². The lowest BCUT2D eigenvalue weighted by atomic mass is 10.1. The molecule has 21 heavy (non-hydrogen) atoms. The van der Waals surface area contributed by atoms with Gasteiger partial charge in [0.15, 0.2) is 12.5 Å². The van der Waals surface area contributed by atoms with Crippen molar-refractivity contribution in [2.75, 3.05) is 13.2 Å². The third-order valence-electron chi connectivity index (χ3n) is 3.37. The van der Waals surface area contributed by atoms with Crippen LogP contribution in [0.2, 0.25) is 0 Å². The van der Waals surface area contributed by atoms with Crippen LogP contribution < -0.4 is 5.32 Å². The van der Waals surface area contributed by atoms with Crippen LogP contribution in [0.25, 0.3) is 0 Å². The SMILES string of the molecule is CCOC1C(Br)C(=O)NC(=O)N1[C@@H]1O[C@H](CO)[C@@H](O)[C@H]1O. The summed E-state index contributed by atoms with van der Waals surface area (Å²) >= 11 is 3.12. The van der Waals surface area contributed by atoms with Gasteiger partial charge in [0.05, 0.1) is 6.61 Å². The zero-order valence-electron chi connectivity index (χ0n) is 11.2. The number of ether oxygens (including phenoxy) is 2. The number of aliphatic hydroxyl groups excluding tert-OH is 3. The van der Waals surface area contributed by atoms with Gasteiger partial charge in [-0.2, -0.15) is 0 Å². The summed E-state index contributed by atoms with van der Waals surface area (Å²) in [5, 5.41) is 31.0. The molecule has 3 amide bonds. The molecule has 2 heterocycles. The van der Waals surface area contributed by atoms with Crippen LogP contribution in [-0.4, -0.2) is 81.0 Å². The van der Waals surface area contributed by atoms with E-state index in [1.54, 1.807) is 6.92 Å². The zero-order chi connectivity index (χ0) is 15.7. The number of alkyl halides is 1. The molecule has 2 unspecified atom stereocenters. The van der Waals surface area contributed by atoms with E-state index in [1.165, 1.54) is 0 Å². The van der Waals surface area contributed by atoms with Crippen LogP contribution in [0.5, 0.6) is 0 Å². The third-order valence-corrected chi connectivity index (χ3v) is 4.24. The smallest absolute Gasteiger partial charge is 0.328 e. The molecule has 0 aliphatic carbocycles. The van der Waals surface area contributed by atoms with E-state index in [9.17, 15) is 19.8 Å². The highest BCUT2D eigenvalue weighted by atomic mass is 79.9. The average molecular weight is 369 g/mol. The summed E-state index contributed by atoms with van der Waals surface area (Å²) in [5.74, 6) is -0.568. The van der Waals surface area contributed by atoms with Gasteiger partial charge in [-0.15, -0.1) is 0 Å². The molecule has 2 aliphatic rings. The van der Waals surface area contributed by atoms with Crippen LogP contribution in [0.1, 0.15) is 6.92 Å². The molecule has 4 N–H and O–H groups in total. The maximum absolute atomic E-state index is 12.0. The molecule has 2 saturated heterocycles. The molecule has 120 valence electrons. The van der Waals surface area contributed by atoms with E-state index in [2.05, 4.69) is 21.2 Å². The summed E-state index contributed by atoms with van der Waals surface area (Å²) < 4.78 is 10.7. The summed E-state index contributed by atoms with van der Waals surface area (Å²) in [6, 6.07) is -0.802. The molecule has 0 bridgehead atoms. The Balaban J connectivity index is 2.26. The number of nitrogens with zero attached hydrogens (tertiary/aromatic N) is 1. The van der Waals surface area contributed by atoms with Crippen molar-refractivity contribution in [1.29, 1.82) is 0 Å². The maximum atomic E-state index is 12.0. The monoisotopic (exact) mass is 368 g/mol. The van der Waals surface area contributed by atoms with Crippen LogP contribution in [0, 0.1) is 0 Å². The molecule has 2 aliphatic heterocycles. The maximum Gasteiger partial charge on any atom is 0.328 e. The Bertz CT molecular complexity index is 423. The molecule has 9 nitrogen and oxygen atoms in total. The van der Waals surface area contributed by atoms with Gasteiger partial charge < -0.3 is 24.8 Å². The number of halogens is 1. The second kappa shape index (κ2) is 6.55. The van der Waals surface area contributed by atoms with Crippen molar-refractivity contribution in [1.82, 2.24) is 10.2 Å². The fourth-order valence-electron chi connectivity index (χ4n) is 2.33. The summed E-state index contributed by atoms with van der Waals surface area (Å²) in [6.45, 7) is 1.39. The van der Waals surface area contributed by atoms with E-state index >= 15 is 0 Å². The molecule has 2 fully saturated rings. The average Bonchev–Trinajstić information content (AvgIpc) is 2.73. The molecule has 0 radical (unpaired) electrons. The summed E-state index contributed by atoms with van der Waals surface area (Å²) in [6.07, 6.45) is -6.03. The minimum absolute atomic E-state index is 0.221. The second-order valence-corrected chi connectivity index (χ2v) is 5.66. The second-order valence-electron chi connectivity index (χ2n) is 4.68. The van der Waals surface area contributed by atoms with E-state index in [0.29, 0.717) is 0 Å². The van der Waals surface area contributed by atoms with Crippen molar-refractivity contribution in [3.8, 4) is 0 Å². The number of amides is 3. The Kier molecular flexibility index (Phi) is 5.17. The Hall–Kier alpha value is -0.780. The van der Waals surface area contributed by atoms with E-state index in [1.807, 2.05) is 0 Å². The fraction of sp³-hybridized carbons (Fsp3) is 0.818. The normalized spacial score (nSPS) is 40.5. The van der Waals surface area contributed by atoms with Gasteiger partial charge in [0.25, 0.3) is 0 Å². The minimum Gasteiger partial charge on any atom is -0.394 e. The highest BCUT2D eigenvalue weighted by Gasteiger charge is 2.52. The van der Waals surface area contributed by atoms with E-state index in [4.69, 9.17) is 14.6 Å². The number of urea groups is 1. The van der Waals surface area contributed by atoms with Crippen molar-refractivity contribution < 1.29 is 34.4 Å². The molecule has 2 rings (SSSR count). The zero-order valence-corrected chi connectivity index (χ0v) is 12.8. The first-order valence-electron chi connectivity index (χ1n) is 6.43. The third kappa shape index (κ3) is 2.91. The predicted octanol–water partition coefficient (Wildman–Crippen LogP) is -1.90. The number of carbonyl (C=O) groups excluding carboxylic acids is 2. The van der Waals surface area contributed by atoms with Gasteiger partial charge in [-0.25, -0.2) is 4.79 Å². The van der Waals surface area contributed by atoms with Crippen LogP contribution in [0.4, 0.5) is 4.79 Å². The van der Waals surface area contributed by atoms with Crippen LogP contribution >= 0.6 is 15.9 Å². The largest absolute Gasteiger partial charge is 0.394 e. The molecular formula is C11H17BrN2O7. The number of aliphatic hydroxyl groups is 3. The molecule has 10 heteroatoms. The van der Waals surface area contributed by atoms with E-state index < -0.39 is 54.1 Å². The van der Waals surface area contributed by atoms with Crippen molar-refractivity contribution in [2.24, 2.45) is 0 Å². The highest BCUT2D eigenvalue weighted by Crippen LogP contribution is 2.30. The van der Waals surface area contributed by atoms with Crippen molar-refractivity contribution in [2.45, 2.75) is 42.5 Å². The van der Waals surface area contributed by atoms with Crippen molar-refractivity contribution >= 4 is 27.9 Å². The van der Waals surface area contributed by atoms with E-state index in [-0.39, 0.29) is 6.61 Å². The molecular weight excluding hydrogens is 352 g/mol. The lowest BCUT2D eigenvalue weighted by Crippen LogP contribution is -2.66. The quantitative estimate of drug-likeness (QED) is 0.426. The van der Waals surface area contributed by atoms with Gasteiger partial charge >= 0.3 is 6.03 Å². The molecule has 0 aromatic carbocycles. The Morgan fingerprint density at radius 1 is 1.38 bits per heavy atom. The van der Waals surface area contributed by atoms with E-state index in [0.717, 1.165) is 4.90 Å². The number of nitrogens with one attached hydrogen (secondary N) is 1. The first-order chi connectivity index (χ1) is 9.92. The Morgan fingerprint density at radius 2 is 2.05 bits per heavy atom. The topological polar surface area (TPSA) is 129 Å². The minimum atomic E-state index is -1.43. The van der Waals surface area contributed by atoms with Crippen LogP contribution in [0.15, 0.2) is 0 Å². The Morgan fingerprint density at radius 3 is 2.57 bits per heavy atom. The summed E-state index contributed by atoms with van der Waals surface area (Å²) in [4.78, 5) is 23.8. The first kappa shape index (κ1) is 16.6. The number of imide groups is 1. The summed E-state index contributed by atoms with van der Waals surface area (Å²) in [5.41, 5.74) is 0. The molecule has 0 saturated carbocycles. The molecule has 0 spiro atoms. The lowest BCUT2D eigenvalue weighted by Gasteiger charge is -2.41. The standard InChI is InChI=1S/C11H17BrN2O7/c1-2-20-9-5(12)8(18)13-11(19)14(9)10-7(17)6(16)4(3-15)21-10/h4-7,9-10,15-17H,2-3H2,1H3,(H,13,18,19)/t4-,5?,6-,7-,9?,10-/m1/s1. The molecule has 6 atom stereocenters. The van der Waals surface area contributed by atoms with Crippen molar-refractivity contribution in [3.05, 3.63) is 0 Å². The Labute approximate surface area is 128 Å². The number of carbonyl (C=O) groups is 2. The number of hydrogen-bond donors (Lipinski definition) is 4. The van der Waals surface area contributed by atoms with Gasteiger partial charge in [-0.3, -0.25) is 15.0 Å². The summed E-state index contributed by atoms with van der Waals surface area (Å²) in [7, 11) is 0. The number of hydrogen-bond acceptors (Lipinski definition) is 7. The first-order valence-corrected chi connectivity index (χ1v) is 7.35. The predicted molar refractivity (Wildman–Crippen MR) is 71.3 cm³/mol. The van der Waals surface area contributed by atoms with Gasteiger partial charge in [0.2, 0.25) is 5.91 Å². The van der Waals surface area contributed by atoms with Gasteiger partial charge in [0.1, 0.15) is 23.1 Å².